The number of hydrogen-bond donors (Lipinski definition) is 1. The number of aromatic nitrogens is 2. The second-order valence-corrected chi connectivity index (χ2v) is 8.32. The van der Waals surface area contributed by atoms with Gasteiger partial charge in [0.2, 0.25) is 0 Å². The van der Waals surface area contributed by atoms with Crippen LogP contribution in [0.25, 0.3) is 11.4 Å². The summed E-state index contributed by atoms with van der Waals surface area (Å²) < 4.78 is 39.4. The van der Waals surface area contributed by atoms with E-state index in [-0.39, 0.29) is 11.4 Å². The van der Waals surface area contributed by atoms with Gasteiger partial charge in [-0.25, -0.2) is 4.98 Å². The van der Waals surface area contributed by atoms with Crippen molar-refractivity contribution >= 4 is 15.9 Å². The molecular formula is C22H19BrF3N3O. The zero-order valence-electron chi connectivity index (χ0n) is 16.2. The predicted molar refractivity (Wildman–Crippen MR) is 112 cm³/mol. The first kappa shape index (κ1) is 20.8. The van der Waals surface area contributed by atoms with Crippen LogP contribution in [0.15, 0.2) is 51.7 Å². The molecule has 4 nitrogen and oxygen atoms in total. The molecule has 2 aromatic carbocycles. The first-order valence-electron chi connectivity index (χ1n) is 9.48. The molecule has 0 spiro atoms. The Hall–Kier alpha value is -2.45. The second kappa shape index (κ2) is 8.00. The number of aromatic amines is 1. The molecule has 4 rings (SSSR count). The fourth-order valence-corrected chi connectivity index (χ4v) is 4.22. The van der Waals surface area contributed by atoms with E-state index in [2.05, 4.69) is 49.0 Å². The minimum atomic E-state index is -4.40. The molecule has 0 radical (unpaired) electrons. The number of rotatable bonds is 3. The summed E-state index contributed by atoms with van der Waals surface area (Å²) in [6, 6.07) is 10.9. The van der Waals surface area contributed by atoms with Crippen molar-refractivity contribution in [2.24, 2.45) is 0 Å². The second-order valence-electron chi connectivity index (χ2n) is 7.47. The molecule has 0 amide bonds. The maximum atomic E-state index is 12.8. The van der Waals surface area contributed by atoms with Gasteiger partial charge in [-0.2, -0.15) is 13.2 Å². The highest BCUT2D eigenvalue weighted by molar-refractivity contribution is 9.10. The van der Waals surface area contributed by atoms with Gasteiger partial charge in [-0.15, -0.1) is 0 Å². The van der Waals surface area contributed by atoms with E-state index < -0.39 is 11.7 Å². The molecule has 1 aromatic heterocycles. The molecule has 0 saturated carbocycles. The molecule has 30 heavy (non-hydrogen) atoms. The predicted octanol–water partition coefficient (Wildman–Crippen LogP) is 5.08. The van der Waals surface area contributed by atoms with Crippen LogP contribution in [0, 0.1) is 6.92 Å². The third-order valence-electron chi connectivity index (χ3n) is 5.24. The van der Waals surface area contributed by atoms with Crippen LogP contribution in [0.1, 0.15) is 27.9 Å². The lowest BCUT2D eigenvalue weighted by Gasteiger charge is -2.28. The number of benzene rings is 2. The van der Waals surface area contributed by atoms with Crippen molar-refractivity contribution in [1.29, 1.82) is 0 Å². The minimum absolute atomic E-state index is 0.230. The Labute approximate surface area is 179 Å². The average Bonchev–Trinajstić information content (AvgIpc) is 2.69. The summed E-state index contributed by atoms with van der Waals surface area (Å²) in [5, 5.41) is 0. The molecule has 2 heterocycles. The van der Waals surface area contributed by atoms with E-state index in [1.807, 2.05) is 6.92 Å². The monoisotopic (exact) mass is 477 g/mol. The highest BCUT2D eigenvalue weighted by Crippen LogP contribution is 2.30. The number of alkyl halides is 3. The summed E-state index contributed by atoms with van der Waals surface area (Å²) in [5.41, 5.74) is 3.11. The maximum absolute atomic E-state index is 12.8. The van der Waals surface area contributed by atoms with Crippen LogP contribution in [0.5, 0.6) is 0 Å². The Balaban J connectivity index is 1.59. The molecule has 0 aliphatic carbocycles. The van der Waals surface area contributed by atoms with Crippen molar-refractivity contribution in [2.45, 2.75) is 32.6 Å². The first-order valence-corrected chi connectivity index (χ1v) is 10.3. The van der Waals surface area contributed by atoms with Gasteiger partial charge in [0.05, 0.1) is 11.3 Å². The van der Waals surface area contributed by atoms with E-state index in [0.29, 0.717) is 36.3 Å². The SMILES string of the molecule is Cc1ccc(CN2CCc3c(nc(-c4ccc(C(F)(F)F)cc4)[nH]c3=O)C2)c(Br)c1. The average molecular weight is 478 g/mol. The first-order chi connectivity index (χ1) is 14.2. The van der Waals surface area contributed by atoms with Gasteiger partial charge in [-0.05, 0) is 42.7 Å². The van der Waals surface area contributed by atoms with Gasteiger partial charge in [0, 0.05) is 35.2 Å². The van der Waals surface area contributed by atoms with E-state index in [4.69, 9.17) is 0 Å². The van der Waals surface area contributed by atoms with Crippen LogP contribution in [0.3, 0.4) is 0 Å². The standard InChI is InChI=1S/C22H19BrF3N3O/c1-13-2-3-15(18(23)10-13)11-29-9-8-17-19(12-29)27-20(28-21(17)30)14-4-6-16(7-5-14)22(24,25)26/h2-7,10H,8-9,11-12H2,1H3,(H,27,28,30). The van der Waals surface area contributed by atoms with E-state index in [1.54, 1.807) is 0 Å². The molecule has 0 atom stereocenters. The number of aryl methyl sites for hydroxylation is 1. The molecule has 156 valence electrons. The van der Waals surface area contributed by atoms with E-state index in [1.165, 1.54) is 17.7 Å². The highest BCUT2D eigenvalue weighted by Gasteiger charge is 2.30. The zero-order valence-corrected chi connectivity index (χ0v) is 17.8. The van der Waals surface area contributed by atoms with Crippen molar-refractivity contribution in [2.75, 3.05) is 6.54 Å². The van der Waals surface area contributed by atoms with E-state index >= 15 is 0 Å². The van der Waals surface area contributed by atoms with Gasteiger partial charge >= 0.3 is 6.18 Å². The summed E-state index contributed by atoms with van der Waals surface area (Å²) in [6.45, 7) is 3.99. The maximum Gasteiger partial charge on any atom is 0.416 e. The molecule has 0 unspecified atom stereocenters. The molecule has 3 aromatic rings. The van der Waals surface area contributed by atoms with Crippen molar-refractivity contribution in [3.05, 3.63) is 85.2 Å². The zero-order chi connectivity index (χ0) is 21.5. The van der Waals surface area contributed by atoms with Crippen molar-refractivity contribution in [3.63, 3.8) is 0 Å². The fraction of sp³-hybridized carbons (Fsp3) is 0.273. The summed E-state index contributed by atoms with van der Waals surface area (Å²) in [5.74, 6) is 0.283. The van der Waals surface area contributed by atoms with Crippen molar-refractivity contribution < 1.29 is 13.2 Å². The molecule has 0 saturated heterocycles. The van der Waals surface area contributed by atoms with Crippen LogP contribution < -0.4 is 5.56 Å². The van der Waals surface area contributed by atoms with Crippen LogP contribution in [0.4, 0.5) is 13.2 Å². The summed E-state index contributed by atoms with van der Waals surface area (Å²) in [7, 11) is 0. The Morgan fingerprint density at radius 3 is 2.57 bits per heavy atom. The van der Waals surface area contributed by atoms with Crippen molar-refractivity contribution in [3.8, 4) is 11.4 Å². The molecule has 1 aliphatic rings. The number of hydrogen-bond acceptors (Lipinski definition) is 3. The number of H-pyrrole nitrogens is 1. The lowest BCUT2D eigenvalue weighted by Crippen LogP contribution is -2.35. The quantitative estimate of drug-likeness (QED) is 0.571. The molecule has 0 bridgehead atoms. The van der Waals surface area contributed by atoms with Gasteiger partial charge in [0.25, 0.3) is 5.56 Å². The van der Waals surface area contributed by atoms with Crippen LogP contribution in [-0.2, 0) is 25.7 Å². The minimum Gasteiger partial charge on any atom is -0.306 e. The van der Waals surface area contributed by atoms with Crippen molar-refractivity contribution in [1.82, 2.24) is 14.9 Å². The highest BCUT2D eigenvalue weighted by atomic mass is 79.9. The third kappa shape index (κ3) is 4.34. The van der Waals surface area contributed by atoms with Gasteiger partial charge < -0.3 is 4.98 Å². The van der Waals surface area contributed by atoms with Gasteiger partial charge in [-0.3, -0.25) is 9.69 Å². The van der Waals surface area contributed by atoms with E-state index in [9.17, 15) is 18.0 Å². The Bertz CT molecular complexity index is 1140. The number of nitrogens with one attached hydrogen (secondary N) is 1. The van der Waals surface area contributed by atoms with Crippen LogP contribution in [-0.4, -0.2) is 21.4 Å². The molecular weight excluding hydrogens is 459 g/mol. The fourth-order valence-electron chi connectivity index (χ4n) is 3.60. The molecule has 1 N–H and O–H groups in total. The molecule has 1 aliphatic heterocycles. The largest absolute Gasteiger partial charge is 0.416 e. The number of halogens is 4. The van der Waals surface area contributed by atoms with Gasteiger partial charge in [-0.1, -0.05) is 40.2 Å². The smallest absolute Gasteiger partial charge is 0.306 e. The lowest BCUT2D eigenvalue weighted by molar-refractivity contribution is -0.137. The summed E-state index contributed by atoms with van der Waals surface area (Å²) >= 11 is 3.60. The van der Waals surface area contributed by atoms with Gasteiger partial charge in [0.1, 0.15) is 5.82 Å². The Morgan fingerprint density at radius 2 is 1.90 bits per heavy atom. The van der Waals surface area contributed by atoms with Gasteiger partial charge in [0.15, 0.2) is 0 Å². The summed E-state index contributed by atoms with van der Waals surface area (Å²) in [4.78, 5) is 22.0. The van der Waals surface area contributed by atoms with Crippen LogP contribution >= 0.6 is 15.9 Å². The van der Waals surface area contributed by atoms with E-state index in [0.717, 1.165) is 28.7 Å². The molecule has 8 heteroatoms. The Kier molecular flexibility index (Phi) is 5.55. The summed E-state index contributed by atoms with van der Waals surface area (Å²) in [6.07, 6.45) is -3.82. The normalized spacial score (nSPS) is 14.6. The van der Waals surface area contributed by atoms with Crippen LogP contribution in [0.2, 0.25) is 0 Å². The molecule has 0 fully saturated rings. The number of nitrogens with zero attached hydrogens (tertiary/aromatic N) is 2. The third-order valence-corrected chi connectivity index (χ3v) is 5.98. The topological polar surface area (TPSA) is 49.0 Å². The lowest BCUT2D eigenvalue weighted by atomic mass is 10.0. The number of fused-ring (bicyclic) bond motifs is 1. The Morgan fingerprint density at radius 1 is 1.17 bits per heavy atom.